The van der Waals surface area contributed by atoms with Gasteiger partial charge in [0, 0.05) is 12.1 Å². The zero-order chi connectivity index (χ0) is 16.9. The first-order valence-electron chi connectivity index (χ1n) is 7.43. The molecule has 1 amide bonds. The fourth-order valence-corrected chi connectivity index (χ4v) is 2.20. The van der Waals surface area contributed by atoms with Gasteiger partial charge < -0.3 is 16.0 Å². The summed E-state index contributed by atoms with van der Waals surface area (Å²) in [6.45, 7) is 3.94. The lowest BCUT2D eigenvalue weighted by Crippen LogP contribution is -2.47. The Bertz CT molecular complexity index is 488. The summed E-state index contributed by atoms with van der Waals surface area (Å²) in [6, 6.07) is 2.51. The maximum absolute atomic E-state index is 13.9. The van der Waals surface area contributed by atoms with Crippen molar-refractivity contribution >= 4 is 5.91 Å². The van der Waals surface area contributed by atoms with Gasteiger partial charge in [0.25, 0.3) is 0 Å². The molecule has 1 rings (SSSR count). The molecular weight excluding hydrogens is 288 g/mol. The zero-order valence-corrected chi connectivity index (χ0v) is 13.6. The number of carbonyl (C=O) groups is 1. The monoisotopic (exact) mass is 313 g/mol. The highest BCUT2D eigenvalue weighted by atomic mass is 19.1. The molecule has 0 heterocycles. The number of halogens is 2. The van der Waals surface area contributed by atoms with Crippen LogP contribution < -0.4 is 11.1 Å². The lowest BCUT2D eigenvalue weighted by molar-refractivity contribution is -0.123. The number of nitrogens with zero attached hydrogens (tertiary/aromatic N) is 1. The number of benzene rings is 1. The van der Waals surface area contributed by atoms with E-state index in [0.29, 0.717) is 0 Å². The summed E-state index contributed by atoms with van der Waals surface area (Å²) in [4.78, 5) is 13.7. The second kappa shape index (κ2) is 8.19. The maximum atomic E-state index is 13.9. The maximum Gasteiger partial charge on any atom is 0.237 e. The van der Waals surface area contributed by atoms with Gasteiger partial charge in [-0.2, -0.15) is 0 Å². The van der Waals surface area contributed by atoms with Crippen LogP contribution in [-0.2, 0) is 4.79 Å². The molecule has 1 aromatic rings. The standard InChI is InChI=1S/C16H25F2N3O/c1-5-10(2)15(19)16(22)20-9-13(21(3)4)14-11(17)7-6-8-12(14)18/h6-8,10,13,15H,5,9,19H2,1-4H3,(H,20,22). The Kier molecular flexibility index (Phi) is 6.90. The molecule has 0 aliphatic carbocycles. The second-order valence-electron chi connectivity index (χ2n) is 5.77. The normalized spacial score (nSPS) is 15.5. The van der Waals surface area contributed by atoms with Crippen molar-refractivity contribution in [3.05, 3.63) is 35.4 Å². The highest BCUT2D eigenvalue weighted by Gasteiger charge is 2.25. The van der Waals surface area contributed by atoms with Gasteiger partial charge in [0.1, 0.15) is 11.6 Å². The first-order chi connectivity index (χ1) is 10.3. The number of amides is 1. The van der Waals surface area contributed by atoms with Crippen molar-refractivity contribution in [1.29, 1.82) is 0 Å². The van der Waals surface area contributed by atoms with E-state index in [1.165, 1.54) is 18.2 Å². The highest BCUT2D eigenvalue weighted by Crippen LogP contribution is 2.24. The average Bonchev–Trinajstić information content (AvgIpc) is 2.47. The van der Waals surface area contributed by atoms with Crippen LogP contribution in [0.4, 0.5) is 8.78 Å². The molecule has 0 radical (unpaired) electrons. The molecule has 0 aliphatic rings. The third-order valence-corrected chi connectivity index (χ3v) is 3.99. The van der Waals surface area contributed by atoms with Gasteiger partial charge in [-0.05, 0) is 32.1 Å². The minimum atomic E-state index is -0.627. The Balaban J connectivity index is 2.85. The molecule has 3 N–H and O–H groups in total. The largest absolute Gasteiger partial charge is 0.353 e. The van der Waals surface area contributed by atoms with Crippen molar-refractivity contribution in [1.82, 2.24) is 10.2 Å². The first kappa shape index (κ1) is 18.5. The minimum Gasteiger partial charge on any atom is -0.353 e. The average molecular weight is 313 g/mol. The molecule has 3 unspecified atom stereocenters. The van der Waals surface area contributed by atoms with Crippen LogP contribution in [-0.4, -0.2) is 37.5 Å². The van der Waals surface area contributed by atoms with Gasteiger partial charge in [-0.3, -0.25) is 4.79 Å². The quantitative estimate of drug-likeness (QED) is 0.810. The van der Waals surface area contributed by atoms with Crippen LogP contribution in [0.15, 0.2) is 18.2 Å². The Morgan fingerprint density at radius 1 is 1.32 bits per heavy atom. The molecule has 3 atom stereocenters. The van der Waals surface area contributed by atoms with Gasteiger partial charge in [-0.15, -0.1) is 0 Å². The van der Waals surface area contributed by atoms with Crippen LogP contribution in [0.5, 0.6) is 0 Å². The summed E-state index contributed by atoms with van der Waals surface area (Å²) in [5, 5.41) is 2.69. The lowest BCUT2D eigenvalue weighted by atomic mass is 9.99. The van der Waals surface area contributed by atoms with Crippen molar-refractivity contribution in [2.45, 2.75) is 32.4 Å². The molecule has 124 valence electrons. The van der Waals surface area contributed by atoms with Gasteiger partial charge >= 0.3 is 0 Å². The van der Waals surface area contributed by atoms with Gasteiger partial charge in [0.05, 0.1) is 12.1 Å². The van der Waals surface area contributed by atoms with E-state index < -0.39 is 23.7 Å². The smallest absolute Gasteiger partial charge is 0.237 e. The topological polar surface area (TPSA) is 58.4 Å². The fraction of sp³-hybridized carbons (Fsp3) is 0.562. The Labute approximate surface area is 130 Å². The van der Waals surface area contributed by atoms with Crippen molar-refractivity contribution in [3.63, 3.8) is 0 Å². The number of hydrogen-bond donors (Lipinski definition) is 2. The van der Waals surface area contributed by atoms with Crippen LogP contribution in [0.2, 0.25) is 0 Å². The molecule has 22 heavy (non-hydrogen) atoms. The Morgan fingerprint density at radius 2 is 1.86 bits per heavy atom. The predicted molar refractivity (Wildman–Crippen MR) is 83.2 cm³/mol. The molecule has 0 aromatic heterocycles. The molecule has 4 nitrogen and oxygen atoms in total. The van der Waals surface area contributed by atoms with E-state index in [0.717, 1.165) is 6.42 Å². The number of hydrogen-bond acceptors (Lipinski definition) is 3. The summed E-state index contributed by atoms with van der Waals surface area (Å²) in [6.07, 6.45) is 0.785. The van der Waals surface area contributed by atoms with Crippen LogP contribution in [0.25, 0.3) is 0 Å². The predicted octanol–water partition coefficient (Wildman–Crippen LogP) is 2.06. The van der Waals surface area contributed by atoms with E-state index in [4.69, 9.17) is 5.73 Å². The van der Waals surface area contributed by atoms with Gasteiger partial charge in [0.2, 0.25) is 5.91 Å². The molecule has 0 saturated heterocycles. The van der Waals surface area contributed by atoms with Gasteiger partial charge in [-0.25, -0.2) is 8.78 Å². The van der Waals surface area contributed by atoms with Crippen molar-refractivity contribution in [2.24, 2.45) is 11.7 Å². The zero-order valence-electron chi connectivity index (χ0n) is 13.6. The van der Waals surface area contributed by atoms with E-state index >= 15 is 0 Å². The summed E-state index contributed by atoms with van der Waals surface area (Å²) < 4.78 is 27.8. The van der Waals surface area contributed by atoms with Crippen LogP contribution in [0.3, 0.4) is 0 Å². The molecule has 6 heteroatoms. The SMILES string of the molecule is CCC(C)C(N)C(=O)NCC(c1c(F)cccc1F)N(C)C. The number of carbonyl (C=O) groups excluding carboxylic acids is 1. The van der Waals surface area contributed by atoms with Crippen molar-refractivity contribution in [2.75, 3.05) is 20.6 Å². The summed E-state index contributed by atoms with van der Waals surface area (Å²) in [5.74, 6) is -1.51. The third kappa shape index (κ3) is 4.48. The number of nitrogens with two attached hydrogens (primary N) is 1. The summed E-state index contributed by atoms with van der Waals surface area (Å²) in [5.41, 5.74) is 5.81. The van der Waals surface area contributed by atoms with Crippen molar-refractivity contribution < 1.29 is 13.6 Å². The minimum absolute atomic E-state index is 0.0444. The summed E-state index contributed by atoms with van der Waals surface area (Å²) >= 11 is 0. The number of nitrogens with one attached hydrogen (secondary N) is 1. The molecule has 0 saturated carbocycles. The fourth-order valence-electron chi connectivity index (χ4n) is 2.20. The Morgan fingerprint density at radius 3 is 2.32 bits per heavy atom. The molecular formula is C16H25F2N3O. The Hall–Kier alpha value is -1.53. The van der Waals surface area contributed by atoms with Gasteiger partial charge in [0.15, 0.2) is 0 Å². The van der Waals surface area contributed by atoms with Gasteiger partial charge in [-0.1, -0.05) is 26.3 Å². The molecule has 0 bridgehead atoms. The highest BCUT2D eigenvalue weighted by molar-refractivity contribution is 5.81. The molecule has 0 aliphatic heterocycles. The van der Waals surface area contributed by atoms with Crippen LogP contribution >= 0.6 is 0 Å². The second-order valence-corrected chi connectivity index (χ2v) is 5.77. The lowest BCUT2D eigenvalue weighted by Gasteiger charge is -2.27. The van der Waals surface area contributed by atoms with Crippen molar-refractivity contribution in [3.8, 4) is 0 Å². The molecule has 1 aromatic carbocycles. The number of likely N-dealkylation sites (N-methyl/N-ethyl adjacent to an activating group) is 1. The van der Waals surface area contributed by atoms with Crippen LogP contribution in [0.1, 0.15) is 31.9 Å². The summed E-state index contributed by atoms with van der Waals surface area (Å²) in [7, 11) is 3.41. The van der Waals surface area contributed by atoms with E-state index in [-0.39, 0.29) is 23.9 Å². The number of rotatable bonds is 7. The molecule has 0 spiro atoms. The molecule has 0 fully saturated rings. The van der Waals surface area contributed by atoms with E-state index in [1.807, 2.05) is 13.8 Å². The van der Waals surface area contributed by atoms with E-state index in [1.54, 1.807) is 19.0 Å². The van der Waals surface area contributed by atoms with E-state index in [2.05, 4.69) is 5.32 Å². The van der Waals surface area contributed by atoms with Crippen LogP contribution in [0, 0.1) is 17.6 Å². The first-order valence-corrected chi connectivity index (χ1v) is 7.43. The third-order valence-electron chi connectivity index (χ3n) is 3.99. The van der Waals surface area contributed by atoms with E-state index in [9.17, 15) is 13.6 Å².